The van der Waals surface area contributed by atoms with Crippen molar-refractivity contribution in [3.8, 4) is 11.4 Å². The van der Waals surface area contributed by atoms with Gasteiger partial charge in [0.1, 0.15) is 11.3 Å². The lowest BCUT2D eigenvalue weighted by Gasteiger charge is -2.34. The highest BCUT2D eigenvalue weighted by Gasteiger charge is 2.30. The maximum atomic E-state index is 13.2. The summed E-state index contributed by atoms with van der Waals surface area (Å²) >= 11 is 0. The summed E-state index contributed by atoms with van der Waals surface area (Å²) in [7, 11) is -3.76. The SMILES string of the molecule is CCCn1c(=O)[nH]c2nc(-c3ccc(S(=O)(=O)N4CCN(C(=O)c5ccccc5)CC4)cc3)[nH]c2c1=O. The van der Waals surface area contributed by atoms with Crippen LogP contribution in [0, 0.1) is 0 Å². The quantitative estimate of drug-likeness (QED) is 0.394. The molecule has 0 atom stereocenters. The molecule has 2 N–H and O–H groups in total. The van der Waals surface area contributed by atoms with E-state index in [1.54, 1.807) is 41.3 Å². The van der Waals surface area contributed by atoms with E-state index in [1.807, 2.05) is 13.0 Å². The van der Waals surface area contributed by atoms with Gasteiger partial charge in [0.2, 0.25) is 10.0 Å². The average molecular weight is 523 g/mol. The van der Waals surface area contributed by atoms with E-state index >= 15 is 0 Å². The second-order valence-corrected chi connectivity index (χ2v) is 10.7. The Hall–Kier alpha value is -4.03. The Labute approximate surface area is 212 Å². The number of carbonyl (C=O) groups is 1. The second-order valence-electron chi connectivity index (χ2n) is 8.78. The number of carbonyl (C=O) groups excluding carboxylic acids is 1. The number of aromatic nitrogens is 4. The number of imidazole rings is 1. The molecule has 5 rings (SSSR count). The van der Waals surface area contributed by atoms with Crippen LogP contribution >= 0.6 is 0 Å². The van der Waals surface area contributed by atoms with Gasteiger partial charge < -0.3 is 9.88 Å². The van der Waals surface area contributed by atoms with Crippen molar-refractivity contribution < 1.29 is 13.2 Å². The van der Waals surface area contributed by atoms with Crippen molar-refractivity contribution >= 4 is 27.1 Å². The van der Waals surface area contributed by atoms with Crippen molar-refractivity contribution in [2.75, 3.05) is 26.2 Å². The lowest BCUT2D eigenvalue weighted by Crippen LogP contribution is -2.50. The Balaban J connectivity index is 1.33. The first kappa shape index (κ1) is 24.7. The number of aromatic amines is 2. The molecule has 3 heterocycles. The third-order valence-corrected chi connectivity index (χ3v) is 8.31. The summed E-state index contributed by atoms with van der Waals surface area (Å²) in [5, 5.41) is 0. The number of hydrogen-bond acceptors (Lipinski definition) is 6. The fourth-order valence-corrected chi connectivity index (χ4v) is 5.83. The molecule has 4 aromatic rings. The third kappa shape index (κ3) is 4.60. The molecule has 0 radical (unpaired) electrons. The van der Waals surface area contributed by atoms with E-state index in [2.05, 4.69) is 15.0 Å². The molecule has 1 aliphatic rings. The molecule has 11 nitrogen and oxygen atoms in total. The van der Waals surface area contributed by atoms with Crippen molar-refractivity contribution in [2.24, 2.45) is 0 Å². The van der Waals surface area contributed by atoms with Crippen LogP contribution in [-0.2, 0) is 16.6 Å². The van der Waals surface area contributed by atoms with E-state index in [9.17, 15) is 22.8 Å². The number of H-pyrrole nitrogens is 2. The van der Waals surface area contributed by atoms with E-state index < -0.39 is 21.3 Å². The summed E-state index contributed by atoms with van der Waals surface area (Å²) in [6.45, 7) is 3.16. The Morgan fingerprint density at radius 3 is 2.27 bits per heavy atom. The van der Waals surface area contributed by atoms with Gasteiger partial charge in [-0.05, 0) is 42.8 Å². The molecule has 2 aromatic heterocycles. The fraction of sp³-hybridized carbons (Fsp3) is 0.280. The monoisotopic (exact) mass is 522 g/mol. The molecule has 1 fully saturated rings. The van der Waals surface area contributed by atoms with Crippen LogP contribution < -0.4 is 11.2 Å². The van der Waals surface area contributed by atoms with Gasteiger partial charge in [0.15, 0.2) is 5.65 Å². The molecule has 0 saturated carbocycles. The molecule has 1 saturated heterocycles. The number of rotatable bonds is 6. The van der Waals surface area contributed by atoms with Crippen LogP contribution in [0.4, 0.5) is 0 Å². The van der Waals surface area contributed by atoms with Crippen molar-refractivity contribution in [3.05, 3.63) is 81.0 Å². The highest BCUT2D eigenvalue weighted by molar-refractivity contribution is 7.89. The molecule has 0 bridgehead atoms. The number of nitrogens with zero attached hydrogens (tertiary/aromatic N) is 4. The van der Waals surface area contributed by atoms with Crippen LogP contribution in [0.5, 0.6) is 0 Å². The predicted molar refractivity (Wildman–Crippen MR) is 138 cm³/mol. The summed E-state index contributed by atoms with van der Waals surface area (Å²) < 4.78 is 28.9. The molecular formula is C25H26N6O5S. The topological polar surface area (TPSA) is 141 Å². The molecule has 37 heavy (non-hydrogen) atoms. The summed E-state index contributed by atoms with van der Waals surface area (Å²) in [5.41, 5.74) is 0.497. The number of amides is 1. The normalized spacial score (nSPS) is 14.8. The van der Waals surface area contributed by atoms with Gasteiger partial charge in [-0.1, -0.05) is 25.1 Å². The summed E-state index contributed by atoms with van der Waals surface area (Å²) in [6.07, 6.45) is 0.629. The van der Waals surface area contributed by atoms with Gasteiger partial charge in [-0.15, -0.1) is 0 Å². The molecular weight excluding hydrogens is 496 g/mol. The largest absolute Gasteiger partial charge is 0.336 e. The molecule has 2 aromatic carbocycles. The van der Waals surface area contributed by atoms with E-state index in [1.165, 1.54) is 16.4 Å². The van der Waals surface area contributed by atoms with Gasteiger partial charge >= 0.3 is 5.69 Å². The third-order valence-electron chi connectivity index (χ3n) is 6.39. The van der Waals surface area contributed by atoms with Crippen molar-refractivity contribution in [3.63, 3.8) is 0 Å². The average Bonchev–Trinajstić information content (AvgIpc) is 3.35. The van der Waals surface area contributed by atoms with Crippen LogP contribution in [-0.4, -0.2) is 69.2 Å². The molecule has 0 spiro atoms. The number of nitrogens with one attached hydrogen (secondary N) is 2. The number of hydrogen-bond donors (Lipinski definition) is 2. The molecule has 192 valence electrons. The first-order valence-electron chi connectivity index (χ1n) is 12.0. The lowest BCUT2D eigenvalue weighted by molar-refractivity contribution is 0.0698. The van der Waals surface area contributed by atoms with Gasteiger partial charge in [-0.3, -0.25) is 19.1 Å². The Morgan fingerprint density at radius 2 is 1.62 bits per heavy atom. The summed E-state index contributed by atoms with van der Waals surface area (Å²) in [4.78, 5) is 49.1. The van der Waals surface area contributed by atoms with E-state index in [-0.39, 0.29) is 35.1 Å². The van der Waals surface area contributed by atoms with E-state index in [0.29, 0.717) is 43.0 Å². The Kier molecular flexibility index (Phi) is 6.52. The standard InChI is InChI=1S/C25H26N6O5S/c1-2-12-31-24(33)20-22(28-25(31)34)27-21(26-20)17-8-10-19(11-9-17)37(35,36)30-15-13-29(14-16-30)23(32)18-6-4-3-5-7-18/h3-11H,2,12-16H2,1H3,(H,26,27)(H,28,34). The van der Waals surface area contributed by atoms with Gasteiger partial charge in [0.25, 0.3) is 11.5 Å². The van der Waals surface area contributed by atoms with E-state index in [0.717, 1.165) is 4.57 Å². The summed E-state index contributed by atoms with van der Waals surface area (Å²) in [5.74, 6) is 0.226. The molecule has 0 unspecified atom stereocenters. The first-order valence-corrected chi connectivity index (χ1v) is 13.4. The van der Waals surface area contributed by atoms with Crippen molar-refractivity contribution in [1.29, 1.82) is 0 Å². The van der Waals surface area contributed by atoms with Crippen molar-refractivity contribution in [1.82, 2.24) is 28.7 Å². The predicted octanol–water partition coefficient (Wildman–Crippen LogP) is 1.64. The highest BCUT2D eigenvalue weighted by Crippen LogP contribution is 2.23. The molecule has 0 aliphatic carbocycles. The fourth-order valence-electron chi connectivity index (χ4n) is 4.41. The first-order chi connectivity index (χ1) is 17.8. The lowest BCUT2D eigenvalue weighted by atomic mass is 10.2. The number of benzene rings is 2. The van der Waals surface area contributed by atoms with Crippen LogP contribution in [0.15, 0.2) is 69.1 Å². The zero-order valence-electron chi connectivity index (χ0n) is 20.2. The molecule has 12 heteroatoms. The van der Waals surface area contributed by atoms with Gasteiger partial charge in [-0.2, -0.15) is 4.31 Å². The van der Waals surface area contributed by atoms with Gasteiger partial charge in [0.05, 0.1) is 4.90 Å². The summed E-state index contributed by atoms with van der Waals surface area (Å²) in [6, 6.07) is 15.1. The highest BCUT2D eigenvalue weighted by atomic mass is 32.2. The molecule has 1 aliphatic heterocycles. The minimum absolute atomic E-state index is 0.115. The van der Waals surface area contributed by atoms with Crippen LogP contribution in [0.3, 0.4) is 0 Å². The van der Waals surface area contributed by atoms with Crippen molar-refractivity contribution in [2.45, 2.75) is 24.8 Å². The van der Waals surface area contributed by atoms with Gasteiger partial charge in [0, 0.05) is 43.9 Å². The minimum Gasteiger partial charge on any atom is -0.336 e. The second kappa shape index (κ2) is 9.79. The van der Waals surface area contributed by atoms with Crippen LogP contribution in [0.1, 0.15) is 23.7 Å². The Morgan fingerprint density at radius 1 is 0.946 bits per heavy atom. The number of fused-ring (bicyclic) bond motifs is 1. The molecule has 1 amide bonds. The van der Waals surface area contributed by atoms with Gasteiger partial charge in [-0.25, -0.2) is 18.2 Å². The maximum absolute atomic E-state index is 13.2. The van der Waals surface area contributed by atoms with Crippen LogP contribution in [0.2, 0.25) is 0 Å². The smallest absolute Gasteiger partial charge is 0.330 e. The maximum Gasteiger partial charge on any atom is 0.330 e. The van der Waals surface area contributed by atoms with E-state index in [4.69, 9.17) is 0 Å². The minimum atomic E-state index is -3.76. The zero-order chi connectivity index (χ0) is 26.2. The zero-order valence-corrected chi connectivity index (χ0v) is 21.0. The number of piperazine rings is 1. The Bertz CT molecular complexity index is 1660. The van der Waals surface area contributed by atoms with Crippen LogP contribution in [0.25, 0.3) is 22.6 Å². The number of sulfonamides is 1.